The molecule has 0 aliphatic heterocycles. The molecule has 0 bridgehead atoms. The van der Waals surface area contributed by atoms with Gasteiger partial charge in [0, 0.05) is 17.4 Å². The first-order valence-corrected chi connectivity index (χ1v) is 11.4. The van der Waals surface area contributed by atoms with Gasteiger partial charge in [0.2, 0.25) is 0 Å². The average molecular weight is 399 g/mol. The lowest BCUT2D eigenvalue weighted by Gasteiger charge is -2.52. The van der Waals surface area contributed by atoms with Gasteiger partial charge in [-0.25, -0.2) is 0 Å². The Morgan fingerprint density at radius 3 is 2.59 bits per heavy atom. The smallest absolute Gasteiger partial charge is 0.306 e. The molecule has 0 heterocycles. The van der Waals surface area contributed by atoms with E-state index < -0.39 is 16.2 Å². The van der Waals surface area contributed by atoms with E-state index in [-0.39, 0.29) is 35.5 Å². The Hall–Kier alpha value is -1.31. The van der Waals surface area contributed by atoms with E-state index in [4.69, 9.17) is 8.92 Å². The first-order valence-electron chi connectivity index (χ1n) is 9.54. The largest absolute Gasteiger partial charge is 0.493 e. The van der Waals surface area contributed by atoms with E-state index in [2.05, 4.69) is 13.8 Å². The Balaban J connectivity index is 2.22. The number of fused-ring (bicyclic) bond motifs is 3. The number of benzene rings is 1. The van der Waals surface area contributed by atoms with E-state index in [9.17, 15) is 18.6 Å². The number of rotatable bonds is 5. The quantitative estimate of drug-likeness (QED) is 0.741. The molecule has 152 valence electrons. The molecule has 0 spiro atoms. The molecule has 0 amide bonds. The van der Waals surface area contributed by atoms with E-state index in [1.807, 2.05) is 6.07 Å². The van der Waals surface area contributed by atoms with Crippen LogP contribution in [0.1, 0.15) is 62.5 Å². The van der Waals surface area contributed by atoms with Crippen molar-refractivity contribution in [1.82, 2.24) is 0 Å². The fraction of sp³-hybridized carbons (Fsp3) is 0.700. The van der Waals surface area contributed by atoms with Crippen LogP contribution in [0.4, 0.5) is 0 Å². The monoisotopic (exact) mass is 398 g/mol. The van der Waals surface area contributed by atoms with Gasteiger partial charge in [0.05, 0.1) is 26.1 Å². The molecule has 0 radical (unpaired) electrons. The molecule has 1 fully saturated rings. The van der Waals surface area contributed by atoms with Crippen LogP contribution in [0.15, 0.2) is 12.1 Å². The highest BCUT2D eigenvalue weighted by molar-refractivity contribution is 7.86. The van der Waals surface area contributed by atoms with Gasteiger partial charge in [-0.1, -0.05) is 26.3 Å². The number of methoxy groups -OCH3 is 1. The Morgan fingerprint density at radius 1 is 1.33 bits per heavy atom. The van der Waals surface area contributed by atoms with Crippen LogP contribution in [0.2, 0.25) is 0 Å². The maximum atomic E-state index is 11.9. The molecular weight excluding hydrogens is 368 g/mol. The molecule has 2 aliphatic carbocycles. The van der Waals surface area contributed by atoms with Crippen LogP contribution < -0.4 is 8.92 Å². The molecule has 7 heteroatoms. The summed E-state index contributed by atoms with van der Waals surface area (Å²) in [7, 11) is -2.31. The minimum Gasteiger partial charge on any atom is -0.493 e. The first-order chi connectivity index (χ1) is 12.6. The summed E-state index contributed by atoms with van der Waals surface area (Å²) in [4.78, 5) is 0. The molecule has 1 aromatic carbocycles. The molecule has 27 heavy (non-hydrogen) atoms. The Labute approximate surface area is 161 Å². The van der Waals surface area contributed by atoms with Gasteiger partial charge < -0.3 is 19.1 Å². The van der Waals surface area contributed by atoms with Crippen LogP contribution in [0.25, 0.3) is 0 Å². The third-order valence-corrected chi connectivity index (χ3v) is 7.21. The maximum Gasteiger partial charge on any atom is 0.306 e. The summed E-state index contributed by atoms with van der Waals surface area (Å²) in [5, 5.41) is 20.9. The molecule has 1 saturated carbocycles. The second-order valence-electron chi connectivity index (χ2n) is 8.25. The van der Waals surface area contributed by atoms with Gasteiger partial charge in [0.1, 0.15) is 0 Å². The molecule has 6 nitrogen and oxygen atoms in total. The third kappa shape index (κ3) is 3.57. The Kier molecular flexibility index (Phi) is 5.49. The highest BCUT2D eigenvalue weighted by atomic mass is 32.2. The van der Waals surface area contributed by atoms with Crippen LogP contribution in [0, 0.1) is 11.3 Å². The highest BCUT2D eigenvalue weighted by Gasteiger charge is 2.50. The Bertz CT molecular complexity index is 805. The number of ether oxygens (including phenoxy) is 1. The van der Waals surface area contributed by atoms with Gasteiger partial charge in [-0.15, -0.1) is 0 Å². The molecule has 2 N–H and O–H groups in total. The van der Waals surface area contributed by atoms with E-state index in [0.717, 1.165) is 24.7 Å². The van der Waals surface area contributed by atoms with Gasteiger partial charge in [0.25, 0.3) is 0 Å². The summed E-state index contributed by atoms with van der Waals surface area (Å²) in [6.45, 7) is 4.32. The van der Waals surface area contributed by atoms with E-state index >= 15 is 0 Å². The normalized spacial score (nSPS) is 33.1. The molecule has 1 aromatic rings. The second kappa shape index (κ2) is 7.26. The standard InChI is InChI=1S/C20H30O6S/c1-5-20(2)9-8-15(22)18-13-6-7-16(25-3)19(26-27(4,23)24)17(13)12(11-21)10-14(18)20/h6-7,12,14-15,18,21-22H,5,8-11H2,1-4H3/t12-,14-,15+,18+,20+/m0/s1. The van der Waals surface area contributed by atoms with Gasteiger partial charge >= 0.3 is 10.1 Å². The fourth-order valence-electron chi connectivity index (χ4n) is 5.13. The summed E-state index contributed by atoms with van der Waals surface area (Å²) in [5.41, 5.74) is 1.60. The van der Waals surface area contributed by atoms with Gasteiger partial charge in [-0.2, -0.15) is 8.42 Å². The van der Waals surface area contributed by atoms with Crippen molar-refractivity contribution < 1.29 is 27.6 Å². The van der Waals surface area contributed by atoms with Crippen molar-refractivity contribution in [2.75, 3.05) is 20.0 Å². The topological polar surface area (TPSA) is 93.1 Å². The molecule has 0 saturated heterocycles. The number of hydrogen-bond acceptors (Lipinski definition) is 6. The zero-order valence-corrected chi connectivity index (χ0v) is 17.3. The summed E-state index contributed by atoms with van der Waals surface area (Å²) < 4.78 is 34.4. The van der Waals surface area contributed by atoms with Crippen molar-refractivity contribution in [2.24, 2.45) is 11.3 Å². The molecule has 2 aliphatic rings. The minimum atomic E-state index is -3.77. The number of aliphatic hydroxyl groups is 2. The van der Waals surface area contributed by atoms with Crippen molar-refractivity contribution in [2.45, 2.75) is 57.5 Å². The Morgan fingerprint density at radius 2 is 2.04 bits per heavy atom. The van der Waals surface area contributed by atoms with Crippen molar-refractivity contribution in [3.8, 4) is 11.5 Å². The van der Waals surface area contributed by atoms with Crippen molar-refractivity contribution in [3.05, 3.63) is 23.3 Å². The molecule has 0 aromatic heterocycles. The fourth-order valence-corrected chi connectivity index (χ4v) is 5.61. The summed E-state index contributed by atoms with van der Waals surface area (Å²) in [6.07, 6.45) is 3.84. The number of hydrogen-bond donors (Lipinski definition) is 2. The average Bonchev–Trinajstić information content (AvgIpc) is 2.62. The van der Waals surface area contributed by atoms with Gasteiger partial charge in [0.15, 0.2) is 11.5 Å². The zero-order chi connectivity index (χ0) is 20.0. The molecule has 5 atom stereocenters. The van der Waals surface area contributed by atoms with Crippen LogP contribution >= 0.6 is 0 Å². The summed E-state index contributed by atoms with van der Waals surface area (Å²) in [5.74, 6) is 0.319. The van der Waals surface area contributed by atoms with Gasteiger partial charge in [-0.05, 0) is 42.2 Å². The van der Waals surface area contributed by atoms with Crippen molar-refractivity contribution in [3.63, 3.8) is 0 Å². The third-order valence-electron chi connectivity index (χ3n) is 6.74. The highest BCUT2D eigenvalue weighted by Crippen LogP contribution is 2.59. The van der Waals surface area contributed by atoms with Crippen molar-refractivity contribution >= 4 is 10.1 Å². The summed E-state index contributed by atoms with van der Waals surface area (Å²) in [6, 6.07) is 3.59. The molecular formula is C20H30O6S. The van der Waals surface area contributed by atoms with Crippen LogP contribution in [0.3, 0.4) is 0 Å². The second-order valence-corrected chi connectivity index (χ2v) is 9.82. The molecule has 3 rings (SSSR count). The van der Waals surface area contributed by atoms with E-state index in [0.29, 0.717) is 24.2 Å². The van der Waals surface area contributed by atoms with Crippen LogP contribution in [-0.4, -0.2) is 44.7 Å². The lowest BCUT2D eigenvalue weighted by molar-refractivity contribution is -0.0239. The molecule has 0 unspecified atom stereocenters. The lowest BCUT2D eigenvalue weighted by atomic mass is 9.53. The predicted molar refractivity (Wildman–Crippen MR) is 103 cm³/mol. The summed E-state index contributed by atoms with van der Waals surface area (Å²) >= 11 is 0. The van der Waals surface area contributed by atoms with Crippen LogP contribution in [-0.2, 0) is 10.1 Å². The number of aliphatic hydroxyl groups excluding tert-OH is 2. The van der Waals surface area contributed by atoms with Crippen LogP contribution in [0.5, 0.6) is 11.5 Å². The minimum absolute atomic E-state index is 0.0762. The zero-order valence-electron chi connectivity index (χ0n) is 16.4. The lowest BCUT2D eigenvalue weighted by Crippen LogP contribution is -2.46. The van der Waals surface area contributed by atoms with Gasteiger partial charge in [-0.3, -0.25) is 0 Å². The van der Waals surface area contributed by atoms with Crippen molar-refractivity contribution in [1.29, 1.82) is 0 Å². The first kappa shape index (κ1) is 20.4. The predicted octanol–water partition coefficient (Wildman–Crippen LogP) is 2.78. The van der Waals surface area contributed by atoms with E-state index in [1.165, 1.54) is 7.11 Å². The SMILES string of the molecule is CC[C@]1(C)CC[C@@H](O)[C@@H]2c3ccc(OC)c(OS(C)(=O)=O)c3[C@H](CO)C[C@@H]21. The van der Waals surface area contributed by atoms with E-state index in [1.54, 1.807) is 6.07 Å². The maximum absolute atomic E-state index is 11.9.